The monoisotopic (exact) mass is 374 g/mol. The topological polar surface area (TPSA) is 108 Å². The van der Waals surface area contributed by atoms with E-state index in [0.29, 0.717) is 31.0 Å². The maximum Gasteiger partial charge on any atom is 0.344 e. The molecule has 2 aromatic rings. The lowest BCUT2D eigenvalue weighted by molar-refractivity contribution is -0.139. The SMILES string of the molecule is CC[C@]1(C)NC(=O)N(NC(=O)CN(Cc2ccco2)Cc2ccco2)C1=O. The zero-order valence-corrected chi connectivity index (χ0v) is 15.2. The van der Waals surface area contributed by atoms with Crippen molar-refractivity contribution in [2.45, 2.75) is 38.9 Å². The van der Waals surface area contributed by atoms with Gasteiger partial charge in [0.25, 0.3) is 11.8 Å². The summed E-state index contributed by atoms with van der Waals surface area (Å²) in [5.74, 6) is 0.398. The first-order valence-corrected chi connectivity index (χ1v) is 8.64. The van der Waals surface area contributed by atoms with Gasteiger partial charge in [0.15, 0.2) is 0 Å². The Bertz CT molecular complexity index is 766. The maximum absolute atomic E-state index is 12.5. The Labute approximate surface area is 156 Å². The van der Waals surface area contributed by atoms with Crippen LogP contribution >= 0.6 is 0 Å². The molecule has 0 aliphatic carbocycles. The molecule has 0 radical (unpaired) electrons. The fourth-order valence-corrected chi connectivity index (χ4v) is 2.80. The Morgan fingerprint density at radius 3 is 2.22 bits per heavy atom. The zero-order valence-electron chi connectivity index (χ0n) is 15.2. The molecular weight excluding hydrogens is 352 g/mol. The Morgan fingerprint density at radius 1 is 1.19 bits per heavy atom. The molecule has 3 heterocycles. The van der Waals surface area contributed by atoms with Gasteiger partial charge in [-0.2, -0.15) is 5.01 Å². The van der Waals surface area contributed by atoms with Gasteiger partial charge in [-0.15, -0.1) is 0 Å². The molecule has 1 aliphatic rings. The molecule has 2 aromatic heterocycles. The summed E-state index contributed by atoms with van der Waals surface area (Å²) in [4.78, 5) is 38.7. The van der Waals surface area contributed by atoms with E-state index in [1.54, 1.807) is 55.5 Å². The predicted octanol–water partition coefficient (Wildman–Crippen LogP) is 1.63. The quantitative estimate of drug-likeness (QED) is 0.680. The normalized spacial score (nSPS) is 19.6. The lowest BCUT2D eigenvalue weighted by Gasteiger charge is -2.22. The number of hydrazine groups is 1. The van der Waals surface area contributed by atoms with Gasteiger partial charge in [0.1, 0.15) is 17.1 Å². The predicted molar refractivity (Wildman–Crippen MR) is 93.7 cm³/mol. The number of amides is 4. The van der Waals surface area contributed by atoms with Crippen molar-refractivity contribution < 1.29 is 23.2 Å². The van der Waals surface area contributed by atoms with Crippen molar-refractivity contribution in [2.75, 3.05) is 6.54 Å². The Kier molecular flexibility index (Phi) is 5.31. The van der Waals surface area contributed by atoms with E-state index < -0.39 is 23.4 Å². The van der Waals surface area contributed by atoms with Crippen molar-refractivity contribution in [3.05, 3.63) is 48.3 Å². The van der Waals surface area contributed by atoms with Crippen molar-refractivity contribution in [2.24, 2.45) is 0 Å². The molecule has 4 amide bonds. The van der Waals surface area contributed by atoms with Crippen LogP contribution in [0.4, 0.5) is 4.79 Å². The van der Waals surface area contributed by atoms with Crippen LogP contribution in [0.1, 0.15) is 31.8 Å². The summed E-state index contributed by atoms with van der Waals surface area (Å²) >= 11 is 0. The number of nitrogens with one attached hydrogen (secondary N) is 2. The van der Waals surface area contributed by atoms with Crippen molar-refractivity contribution in [3.8, 4) is 0 Å². The van der Waals surface area contributed by atoms with Gasteiger partial charge < -0.3 is 14.2 Å². The number of carbonyl (C=O) groups excluding carboxylic acids is 3. The number of hydrogen-bond donors (Lipinski definition) is 2. The van der Waals surface area contributed by atoms with Crippen LogP contribution in [0, 0.1) is 0 Å². The van der Waals surface area contributed by atoms with Crippen LogP contribution in [0.5, 0.6) is 0 Å². The Morgan fingerprint density at radius 2 is 1.78 bits per heavy atom. The van der Waals surface area contributed by atoms with E-state index in [4.69, 9.17) is 8.83 Å². The summed E-state index contributed by atoms with van der Waals surface area (Å²) in [5.41, 5.74) is 1.38. The van der Waals surface area contributed by atoms with E-state index in [0.717, 1.165) is 5.01 Å². The van der Waals surface area contributed by atoms with Crippen molar-refractivity contribution in [1.29, 1.82) is 0 Å². The van der Waals surface area contributed by atoms with Gasteiger partial charge in [0.2, 0.25) is 0 Å². The molecule has 27 heavy (non-hydrogen) atoms. The van der Waals surface area contributed by atoms with Crippen LogP contribution in [-0.4, -0.2) is 39.8 Å². The molecule has 1 saturated heterocycles. The highest BCUT2D eigenvalue weighted by Gasteiger charge is 2.47. The molecule has 144 valence electrons. The van der Waals surface area contributed by atoms with Crippen LogP contribution in [0.25, 0.3) is 0 Å². The summed E-state index contributed by atoms with van der Waals surface area (Å²) in [6.07, 6.45) is 3.53. The van der Waals surface area contributed by atoms with E-state index in [1.807, 2.05) is 0 Å². The van der Waals surface area contributed by atoms with Gasteiger partial charge >= 0.3 is 6.03 Å². The van der Waals surface area contributed by atoms with Crippen LogP contribution in [-0.2, 0) is 22.7 Å². The van der Waals surface area contributed by atoms with Gasteiger partial charge in [-0.1, -0.05) is 6.92 Å². The molecule has 0 unspecified atom stereocenters. The van der Waals surface area contributed by atoms with Gasteiger partial charge in [0, 0.05) is 0 Å². The van der Waals surface area contributed by atoms with Crippen molar-refractivity contribution >= 4 is 17.8 Å². The molecule has 1 aliphatic heterocycles. The third-order valence-corrected chi connectivity index (χ3v) is 4.49. The van der Waals surface area contributed by atoms with Gasteiger partial charge in [-0.25, -0.2) is 4.79 Å². The molecule has 0 bridgehead atoms. The molecule has 1 atom stereocenters. The summed E-state index contributed by atoms with van der Waals surface area (Å²) in [6.45, 7) is 4.10. The summed E-state index contributed by atoms with van der Waals surface area (Å²) in [5, 5.41) is 3.33. The molecule has 1 fully saturated rings. The first-order chi connectivity index (χ1) is 12.9. The van der Waals surface area contributed by atoms with Crippen LogP contribution in [0.15, 0.2) is 45.6 Å². The molecule has 0 saturated carbocycles. The highest BCUT2D eigenvalue weighted by molar-refractivity contribution is 6.07. The smallest absolute Gasteiger partial charge is 0.344 e. The van der Waals surface area contributed by atoms with Gasteiger partial charge in [-0.3, -0.25) is 19.9 Å². The molecule has 2 N–H and O–H groups in total. The van der Waals surface area contributed by atoms with Crippen LogP contribution in [0.3, 0.4) is 0 Å². The first kappa shape index (κ1) is 18.7. The first-order valence-electron chi connectivity index (χ1n) is 8.64. The minimum Gasteiger partial charge on any atom is -0.468 e. The molecule has 0 aromatic carbocycles. The van der Waals surface area contributed by atoms with E-state index in [-0.39, 0.29) is 6.54 Å². The number of rotatable bonds is 8. The minimum atomic E-state index is -1.01. The average molecular weight is 374 g/mol. The second kappa shape index (κ2) is 7.67. The molecular formula is C18H22N4O5. The van der Waals surface area contributed by atoms with Crippen molar-refractivity contribution in [3.63, 3.8) is 0 Å². The Balaban J connectivity index is 1.65. The minimum absolute atomic E-state index is 0.0543. The average Bonchev–Trinajstić information content (AvgIpc) is 3.35. The fourth-order valence-electron chi connectivity index (χ4n) is 2.80. The maximum atomic E-state index is 12.5. The van der Waals surface area contributed by atoms with Crippen LogP contribution < -0.4 is 10.7 Å². The van der Waals surface area contributed by atoms with E-state index in [9.17, 15) is 14.4 Å². The van der Waals surface area contributed by atoms with E-state index in [1.165, 1.54) is 0 Å². The third kappa shape index (κ3) is 4.20. The second-order valence-corrected chi connectivity index (χ2v) is 6.60. The largest absolute Gasteiger partial charge is 0.468 e. The van der Waals surface area contributed by atoms with Gasteiger partial charge in [-0.05, 0) is 37.6 Å². The highest BCUT2D eigenvalue weighted by Crippen LogP contribution is 2.19. The van der Waals surface area contributed by atoms with E-state index >= 15 is 0 Å². The van der Waals surface area contributed by atoms with Crippen molar-refractivity contribution in [1.82, 2.24) is 20.7 Å². The molecule has 9 heteroatoms. The standard InChI is InChI=1S/C18H22N4O5/c1-3-18(2)16(24)22(17(25)19-18)20-15(23)12-21(10-13-6-4-8-26-13)11-14-7-5-9-27-14/h4-9H,3,10-12H2,1-2H3,(H,19,25)(H,20,23)/t18-/m0/s1. The number of carbonyl (C=O) groups is 3. The lowest BCUT2D eigenvalue weighted by Crippen LogP contribution is -2.51. The number of hydrogen-bond acceptors (Lipinski definition) is 6. The highest BCUT2D eigenvalue weighted by atomic mass is 16.3. The zero-order chi connectivity index (χ0) is 19.4. The van der Waals surface area contributed by atoms with Crippen LogP contribution in [0.2, 0.25) is 0 Å². The number of nitrogens with zero attached hydrogens (tertiary/aromatic N) is 2. The molecule has 0 spiro atoms. The summed E-state index contributed by atoms with van der Waals surface area (Å²) in [6, 6.07) is 6.49. The number of imide groups is 1. The van der Waals surface area contributed by atoms with E-state index in [2.05, 4.69) is 10.7 Å². The number of urea groups is 1. The molecule has 9 nitrogen and oxygen atoms in total. The van der Waals surface area contributed by atoms with Gasteiger partial charge in [0.05, 0.1) is 32.2 Å². The Hall–Kier alpha value is -3.07. The molecule has 3 rings (SSSR count). The third-order valence-electron chi connectivity index (χ3n) is 4.49. The second-order valence-electron chi connectivity index (χ2n) is 6.60. The summed E-state index contributed by atoms with van der Waals surface area (Å²) < 4.78 is 10.7. The number of furan rings is 2. The summed E-state index contributed by atoms with van der Waals surface area (Å²) in [7, 11) is 0. The lowest BCUT2D eigenvalue weighted by atomic mass is 10.00. The fraction of sp³-hybridized carbons (Fsp3) is 0.389.